The minimum Gasteiger partial charge on any atom is -0.473 e. The number of aromatic amines is 1. The molecule has 0 unspecified atom stereocenters. The van der Waals surface area contributed by atoms with Gasteiger partial charge in [0.05, 0.1) is 24.7 Å². The van der Waals surface area contributed by atoms with E-state index < -0.39 is 30.3 Å². The molecule has 2 fully saturated rings. The van der Waals surface area contributed by atoms with Crippen LogP contribution in [0.1, 0.15) is 48.8 Å². The second-order valence-electron chi connectivity index (χ2n) is 12.5. The second kappa shape index (κ2) is 12.1. The fraction of sp³-hybridized carbons (Fsp3) is 0.429. The molecule has 0 radical (unpaired) electrons. The highest BCUT2D eigenvalue weighted by molar-refractivity contribution is 5.91. The van der Waals surface area contributed by atoms with Crippen LogP contribution in [0.5, 0.6) is 5.88 Å². The van der Waals surface area contributed by atoms with Crippen molar-refractivity contribution in [3.05, 3.63) is 87.1 Å². The molecular formula is C35H37N3O7. The van der Waals surface area contributed by atoms with Gasteiger partial charge in [0.25, 0.3) is 0 Å². The van der Waals surface area contributed by atoms with Crippen LogP contribution in [-0.2, 0) is 38.3 Å². The van der Waals surface area contributed by atoms with E-state index in [2.05, 4.69) is 16.4 Å². The van der Waals surface area contributed by atoms with Crippen molar-refractivity contribution >= 4 is 28.9 Å². The fourth-order valence-electron chi connectivity index (χ4n) is 7.13. The van der Waals surface area contributed by atoms with E-state index in [9.17, 15) is 19.2 Å². The summed E-state index contributed by atoms with van der Waals surface area (Å²) < 4.78 is 17.3. The third-order valence-corrected chi connectivity index (χ3v) is 9.58. The summed E-state index contributed by atoms with van der Waals surface area (Å²) in [6.07, 6.45) is 5.59. The van der Waals surface area contributed by atoms with Gasteiger partial charge in [-0.1, -0.05) is 42.5 Å². The van der Waals surface area contributed by atoms with Crippen molar-refractivity contribution in [2.24, 2.45) is 5.92 Å². The molecule has 3 aromatic rings. The lowest BCUT2D eigenvalue weighted by molar-refractivity contribution is -0.152. The normalized spacial score (nSPS) is 25.4. The molecule has 45 heavy (non-hydrogen) atoms. The van der Waals surface area contributed by atoms with Crippen LogP contribution in [0.2, 0.25) is 0 Å². The highest BCUT2D eigenvalue weighted by Crippen LogP contribution is 2.35. The predicted molar refractivity (Wildman–Crippen MR) is 166 cm³/mol. The molecule has 2 bridgehead atoms. The first-order valence-corrected chi connectivity index (χ1v) is 15.8. The summed E-state index contributed by atoms with van der Waals surface area (Å²) in [6, 6.07) is 13.5. The summed E-state index contributed by atoms with van der Waals surface area (Å²) in [5, 5.41) is 3.48. The number of para-hydroxylation sites is 1. The molecule has 2 N–H and O–H groups in total. The van der Waals surface area contributed by atoms with Crippen LogP contribution in [0.4, 0.5) is 4.79 Å². The lowest BCUT2D eigenvalue weighted by Crippen LogP contribution is -2.55. The second-order valence-corrected chi connectivity index (χ2v) is 12.5. The largest absolute Gasteiger partial charge is 0.473 e. The van der Waals surface area contributed by atoms with Crippen LogP contribution in [-0.4, -0.2) is 65.8 Å². The first-order chi connectivity index (χ1) is 21.9. The quantitative estimate of drug-likeness (QED) is 0.332. The monoisotopic (exact) mass is 611 g/mol. The van der Waals surface area contributed by atoms with Crippen LogP contribution in [0, 0.1) is 5.92 Å². The number of rotatable bonds is 2. The molecule has 1 saturated heterocycles. The van der Waals surface area contributed by atoms with Crippen LogP contribution in [0.15, 0.2) is 65.0 Å². The van der Waals surface area contributed by atoms with Gasteiger partial charge >= 0.3 is 12.1 Å². The molecule has 2 amide bonds. The minimum atomic E-state index is -0.920. The lowest BCUT2D eigenvalue weighted by Gasteiger charge is -2.30. The molecule has 2 aliphatic heterocycles. The summed E-state index contributed by atoms with van der Waals surface area (Å²) in [5.41, 5.74) is 4.47. The predicted octanol–water partition coefficient (Wildman–Crippen LogP) is 3.98. The first-order valence-electron chi connectivity index (χ1n) is 15.8. The average Bonchev–Trinajstić information content (AvgIpc) is 3.42. The molecule has 2 aliphatic carbocycles. The topological polar surface area (TPSA) is 127 Å². The molecule has 0 spiro atoms. The van der Waals surface area contributed by atoms with Crippen molar-refractivity contribution < 1.29 is 28.6 Å². The number of amides is 2. The number of hydrogen-bond acceptors (Lipinski definition) is 7. The van der Waals surface area contributed by atoms with E-state index in [1.807, 2.05) is 42.5 Å². The van der Waals surface area contributed by atoms with Gasteiger partial charge in [0.2, 0.25) is 5.91 Å². The Morgan fingerprint density at radius 3 is 2.49 bits per heavy atom. The Morgan fingerprint density at radius 2 is 1.71 bits per heavy atom. The van der Waals surface area contributed by atoms with E-state index in [4.69, 9.17) is 14.2 Å². The number of pyridine rings is 1. The Hall–Kier alpha value is -4.60. The van der Waals surface area contributed by atoms with Crippen LogP contribution in [0.3, 0.4) is 0 Å². The zero-order valence-corrected chi connectivity index (χ0v) is 25.3. The van der Waals surface area contributed by atoms with E-state index in [1.54, 1.807) is 6.07 Å². The van der Waals surface area contributed by atoms with E-state index in [0.717, 1.165) is 36.0 Å². The minimum absolute atomic E-state index is 0.0817. The molecule has 7 rings (SSSR count). The van der Waals surface area contributed by atoms with Gasteiger partial charge < -0.3 is 29.4 Å². The number of aromatic nitrogens is 1. The zero-order chi connectivity index (χ0) is 31.1. The Kier molecular flexibility index (Phi) is 7.81. The molecule has 3 heterocycles. The zero-order valence-electron chi connectivity index (χ0n) is 25.3. The number of carbonyl (C=O) groups excluding carboxylic acids is 3. The number of esters is 1. The Bertz CT molecular complexity index is 1720. The van der Waals surface area contributed by atoms with Crippen molar-refractivity contribution in [3.63, 3.8) is 0 Å². The number of fused-ring (bicyclic) bond motifs is 6. The highest BCUT2D eigenvalue weighted by atomic mass is 16.6. The van der Waals surface area contributed by atoms with Crippen molar-refractivity contribution in [2.75, 3.05) is 13.7 Å². The number of H-pyrrole nitrogens is 1. The first kappa shape index (κ1) is 29.1. The third-order valence-electron chi connectivity index (χ3n) is 9.58. The average molecular weight is 612 g/mol. The summed E-state index contributed by atoms with van der Waals surface area (Å²) >= 11 is 0. The summed E-state index contributed by atoms with van der Waals surface area (Å²) in [6.45, 7) is 0.0926. The number of allylic oxidation sites excluding steroid dienone is 1. The summed E-state index contributed by atoms with van der Waals surface area (Å²) in [4.78, 5) is 59.1. The maximum absolute atomic E-state index is 14.4. The van der Waals surface area contributed by atoms with E-state index >= 15 is 0 Å². The maximum Gasteiger partial charge on any atom is 0.408 e. The number of carbonyl (C=O) groups is 3. The number of nitrogens with zero attached hydrogens (tertiary/aromatic N) is 1. The third kappa shape index (κ3) is 5.81. The molecule has 234 valence electrons. The molecule has 10 nitrogen and oxygen atoms in total. The standard InChI is InChI=1S/C35H37N3O7/c1-43-34(41)28-18-24-19-38(28)33(40)30(23-15-20-9-5-6-10-21(20)16-23)37-35(42)45-29-17-22(29)11-3-2-4-13-26-31(39)25-12-7-8-14-27(25)36-32(26)44-24/h5-12,14,23-24,28-30H,2-4,13,15-19H2,1H3,(H,36,39)(H,37,42)/t24-,28+,29-,30+/m1/s1. The van der Waals surface area contributed by atoms with Crippen LogP contribution < -0.4 is 15.5 Å². The van der Waals surface area contributed by atoms with Gasteiger partial charge in [0, 0.05) is 18.2 Å². The van der Waals surface area contributed by atoms with Gasteiger partial charge in [0.15, 0.2) is 11.3 Å². The van der Waals surface area contributed by atoms with Gasteiger partial charge in [-0.05, 0) is 73.3 Å². The Morgan fingerprint density at radius 1 is 0.956 bits per heavy atom. The number of nitrogens with one attached hydrogen (secondary N) is 2. The van der Waals surface area contributed by atoms with Gasteiger partial charge in [-0.2, -0.15) is 0 Å². The molecule has 1 aromatic heterocycles. The summed E-state index contributed by atoms with van der Waals surface area (Å²) in [7, 11) is 1.29. The number of methoxy groups -OCH3 is 1. The van der Waals surface area contributed by atoms with Gasteiger partial charge in [-0.25, -0.2) is 9.59 Å². The van der Waals surface area contributed by atoms with Gasteiger partial charge in [-0.3, -0.25) is 9.59 Å². The lowest BCUT2D eigenvalue weighted by atomic mass is 9.95. The molecule has 4 aliphatic rings. The molecule has 2 aromatic carbocycles. The van der Waals surface area contributed by atoms with E-state index in [0.29, 0.717) is 48.0 Å². The molecule has 4 atom stereocenters. The number of benzene rings is 2. The SMILES string of the molecule is COC(=O)[C@@H]1C[C@@H]2CN1C(=O)[C@H](C1Cc3ccccc3C1)NC(=O)O[C@@H]1CC1=CCCCCc1c([nH]c3ccccc3c1=O)O2. The smallest absolute Gasteiger partial charge is 0.408 e. The van der Waals surface area contributed by atoms with Crippen LogP contribution in [0.25, 0.3) is 10.9 Å². The molecule has 1 saturated carbocycles. The number of alkyl carbamates (subject to hydrolysis) is 1. The van der Waals surface area contributed by atoms with Crippen molar-refractivity contribution in [2.45, 2.75) is 75.7 Å². The highest BCUT2D eigenvalue weighted by Gasteiger charge is 2.47. The molecular weight excluding hydrogens is 574 g/mol. The summed E-state index contributed by atoms with van der Waals surface area (Å²) in [5.74, 6) is -0.792. The molecule has 10 heteroatoms. The number of ether oxygens (including phenoxy) is 3. The van der Waals surface area contributed by atoms with E-state index in [1.165, 1.54) is 12.0 Å². The van der Waals surface area contributed by atoms with Gasteiger partial charge in [0.1, 0.15) is 24.3 Å². The van der Waals surface area contributed by atoms with Crippen molar-refractivity contribution in [3.8, 4) is 5.88 Å². The van der Waals surface area contributed by atoms with Gasteiger partial charge in [-0.15, -0.1) is 0 Å². The Balaban J connectivity index is 1.24. The van der Waals surface area contributed by atoms with Crippen LogP contribution >= 0.6 is 0 Å². The van der Waals surface area contributed by atoms with E-state index in [-0.39, 0.29) is 36.3 Å². The maximum atomic E-state index is 14.4. The fourth-order valence-corrected chi connectivity index (χ4v) is 7.13. The van der Waals surface area contributed by atoms with Crippen molar-refractivity contribution in [1.82, 2.24) is 15.2 Å². The van der Waals surface area contributed by atoms with Crippen molar-refractivity contribution in [1.29, 1.82) is 0 Å². The Labute approximate surface area is 260 Å². The number of hydrogen-bond donors (Lipinski definition) is 2.